The molecule has 1 saturated carbocycles. The van der Waals surface area contributed by atoms with E-state index in [1.165, 1.54) is 0 Å². The van der Waals surface area contributed by atoms with Gasteiger partial charge in [0.05, 0.1) is 5.69 Å². The number of anilines is 1. The Hall–Kier alpha value is -1.53. The Morgan fingerprint density at radius 3 is 2.69 bits per heavy atom. The van der Waals surface area contributed by atoms with E-state index in [1.807, 2.05) is 0 Å². The molecular formula is C10H12BNO4. The zero-order valence-electron chi connectivity index (χ0n) is 8.59. The lowest BCUT2D eigenvalue weighted by molar-refractivity contribution is -0.117. The highest BCUT2D eigenvalue weighted by atomic mass is 16.6. The van der Waals surface area contributed by atoms with E-state index in [-0.39, 0.29) is 17.6 Å². The molecule has 0 saturated heterocycles. The minimum absolute atomic E-state index is 0.0523. The molecule has 0 bridgehead atoms. The van der Waals surface area contributed by atoms with Crippen LogP contribution in [0.2, 0.25) is 0 Å². The van der Waals surface area contributed by atoms with Crippen LogP contribution < -0.4 is 9.97 Å². The third-order valence-electron chi connectivity index (χ3n) is 2.33. The molecule has 2 rings (SSSR count). The summed E-state index contributed by atoms with van der Waals surface area (Å²) >= 11 is 0. The number of nitrogens with one attached hydrogen (secondary N) is 1. The predicted octanol–water partition coefficient (Wildman–Crippen LogP) is 0.383. The second-order valence-corrected chi connectivity index (χ2v) is 3.70. The maximum atomic E-state index is 11.5. The molecule has 5 nitrogen and oxygen atoms in total. The monoisotopic (exact) mass is 221 g/mol. The van der Waals surface area contributed by atoms with E-state index in [1.54, 1.807) is 24.3 Å². The molecule has 6 heteroatoms. The molecule has 1 aliphatic rings. The van der Waals surface area contributed by atoms with Crippen molar-refractivity contribution in [3.63, 3.8) is 0 Å². The number of hydrogen-bond donors (Lipinski definition) is 3. The molecule has 1 aromatic carbocycles. The van der Waals surface area contributed by atoms with E-state index in [9.17, 15) is 4.79 Å². The first kappa shape index (κ1) is 11.0. The summed E-state index contributed by atoms with van der Waals surface area (Å²) in [5, 5.41) is 20.1. The summed E-state index contributed by atoms with van der Waals surface area (Å²) in [6, 6.07) is 6.63. The molecule has 84 valence electrons. The van der Waals surface area contributed by atoms with Crippen molar-refractivity contribution in [1.82, 2.24) is 0 Å². The van der Waals surface area contributed by atoms with Crippen molar-refractivity contribution >= 4 is 18.9 Å². The first-order valence-corrected chi connectivity index (χ1v) is 5.09. The van der Waals surface area contributed by atoms with Gasteiger partial charge in [-0.15, -0.1) is 0 Å². The number of carbonyl (C=O) groups excluding carboxylic acids is 1. The van der Waals surface area contributed by atoms with E-state index in [0.29, 0.717) is 5.69 Å². The Morgan fingerprint density at radius 2 is 2.06 bits per heavy atom. The lowest BCUT2D eigenvalue weighted by Gasteiger charge is -2.11. The fourth-order valence-electron chi connectivity index (χ4n) is 1.37. The van der Waals surface area contributed by atoms with Crippen LogP contribution >= 0.6 is 0 Å². The summed E-state index contributed by atoms with van der Waals surface area (Å²) in [7, 11) is -1.89. The summed E-state index contributed by atoms with van der Waals surface area (Å²) in [4.78, 5) is 11.5. The number of carbonyl (C=O) groups is 1. The van der Waals surface area contributed by atoms with Crippen LogP contribution in [0.4, 0.5) is 5.69 Å². The average molecular weight is 221 g/mol. The highest BCUT2D eigenvalue weighted by Crippen LogP contribution is 2.32. The summed E-state index contributed by atoms with van der Waals surface area (Å²) in [6.45, 7) is 0. The Bertz CT molecular complexity index is 392. The molecule has 3 N–H and O–H groups in total. The third kappa shape index (κ3) is 2.74. The topological polar surface area (TPSA) is 78.8 Å². The quantitative estimate of drug-likeness (QED) is 0.642. The molecule has 1 amide bonds. The zero-order valence-corrected chi connectivity index (χ0v) is 8.59. The number of benzene rings is 1. The first-order chi connectivity index (χ1) is 7.66. The van der Waals surface area contributed by atoms with Crippen molar-refractivity contribution < 1.29 is 19.5 Å². The number of rotatable bonds is 4. The molecule has 0 aliphatic heterocycles. The van der Waals surface area contributed by atoms with Crippen LogP contribution in [0.3, 0.4) is 0 Å². The van der Waals surface area contributed by atoms with Gasteiger partial charge in [-0.3, -0.25) is 4.79 Å². The molecule has 1 aliphatic carbocycles. The van der Waals surface area contributed by atoms with Crippen LogP contribution in [0.5, 0.6) is 5.75 Å². The molecule has 1 aromatic rings. The highest BCUT2D eigenvalue weighted by Gasteiger charge is 2.30. The van der Waals surface area contributed by atoms with Gasteiger partial charge >= 0.3 is 7.32 Å². The lowest BCUT2D eigenvalue weighted by Crippen LogP contribution is -2.22. The van der Waals surface area contributed by atoms with Gasteiger partial charge in [-0.05, 0) is 25.0 Å². The van der Waals surface area contributed by atoms with Crippen molar-refractivity contribution in [2.75, 3.05) is 5.32 Å². The van der Waals surface area contributed by atoms with Crippen molar-refractivity contribution in [2.24, 2.45) is 5.92 Å². The Balaban J connectivity index is 2.08. The normalized spacial score (nSPS) is 14.4. The van der Waals surface area contributed by atoms with Crippen LogP contribution in [-0.2, 0) is 4.79 Å². The van der Waals surface area contributed by atoms with Gasteiger partial charge < -0.3 is 20.0 Å². The molecule has 0 atom stereocenters. The molecule has 0 spiro atoms. The number of amides is 1. The summed E-state index contributed by atoms with van der Waals surface area (Å²) in [5.74, 6) is 0.280. The predicted molar refractivity (Wildman–Crippen MR) is 58.6 cm³/mol. The second-order valence-electron chi connectivity index (χ2n) is 3.70. The van der Waals surface area contributed by atoms with Gasteiger partial charge in [-0.25, -0.2) is 0 Å². The Morgan fingerprint density at radius 1 is 1.38 bits per heavy atom. The van der Waals surface area contributed by atoms with E-state index >= 15 is 0 Å². The van der Waals surface area contributed by atoms with Gasteiger partial charge in [0.2, 0.25) is 5.91 Å². The summed E-state index contributed by atoms with van der Waals surface area (Å²) < 4.78 is 4.74. The number of hydrogen-bond acceptors (Lipinski definition) is 4. The zero-order chi connectivity index (χ0) is 11.5. The standard InChI is InChI=1S/C10H12BNO4/c13-10(7-5-6-7)12-8-3-1-2-4-9(8)16-11(14)15/h1-4,7,14-15H,5-6H2,(H,12,13). The maximum Gasteiger partial charge on any atom is 0.707 e. The largest absolute Gasteiger partial charge is 0.707 e. The van der Waals surface area contributed by atoms with Crippen LogP contribution in [0.1, 0.15) is 12.8 Å². The Kier molecular flexibility index (Phi) is 3.12. The minimum Gasteiger partial charge on any atom is -0.510 e. The van der Waals surface area contributed by atoms with Crippen molar-refractivity contribution in [3.05, 3.63) is 24.3 Å². The van der Waals surface area contributed by atoms with Crippen LogP contribution in [0.15, 0.2) is 24.3 Å². The van der Waals surface area contributed by atoms with Crippen LogP contribution in [0, 0.1) is 5.92 Å². The Labute approximate surface area is 93.2 Å². The van der Waals surface area contributed by atoms with Gasteiger partial charge in [0, 0.05) is 5.92 Å². The van der Waals surface area contributed by atoms with E-state index in [4.69, 9.17) is 14.7 Å². The van der Waals surface area contributed by atoms with Crippen molar-refractivity contribution in [2.45, 2.75) is 12.8 Å². The van der Waals surface area contributed by atoms with E-state index < -0.39 is 7.32 Å². The fourth-order valence-corrected chi connectivity index (χ4v) is 1.37. The highest BCUT2D eigenvalue weighted by molar-refractivity contribution is 6.34. The smallest absolute Gasteiger partial charge is 0.510 e. The van der Waals surface area contributed by atoms with Gasteiger partial charge in [-0.2, -0.15) is 0 Å². The van der Waals surface area contributed by atoms with Gasteiger partial charge in [0.15, 0.2) is 0 Å². The molecule has 16 heavy (non-hydrogen) atoms. The van der Waals surface area contributed by atoms with Crippen molar-refractivity contribution in [3.8, 4) is 5.75 Å². The van der Waals surface area contributed by atoms with Crippen LogP contribution in [0.25, 0.3) is 0 Å². The van der Waals surface area contributed by atoms with E-state index in [2.05, 4.69) is 5.32 Å². The molecule has 0 heterocycles. The number of para-hydroxylation sites is 2. The lowest BCUT2D eigenvalue weighted by atomic mass is 10.2. The second kappa shape index (κ2) is 4.55. The molecule has 0 unspecified atom stereocenters. The maximum absolute atomic E-state index is 11.5. The minimum atomic E-state index is -1.89. The average Bonchev–Trinajstić information content (AvgIpc) is 3.03. The van der Waals surface area contributed by atoms with Crippen LogP contribution in [-0.4, -0.2) is 23.3 Å². The molecule has 0 radical (unpaired) electrons. The first-order valence-electron chi connectivity index (χ1n) is 5.09. The summed E-state index contributed by atoms with van der Waals surface area (Å²) in [5.41, 5.74) is 0.451. The molecule has 0 aromatic heterocycles. The third-order valence-corrected chi connectivity index (χ3v) is 2.33. The SMILES string of the molecule is O=C(Nc1ccccc1OB(O)O)C1CC1. The van der Waals surface area contributed by atoms with E-state index in [0.717, 1.165) is 12.8 Å². The van der Waals surface area contributed by atoms with Gasteiger partial charge in [-0.1, -0.05) is 12.1 Å². The summed E-state index contributed by atoms with van der Waals surface area (Å²) in [6.07, 6.45) is 1.83. The molecular weight excluding hydrogens is 209 g/mol. The molecule has 1 fully saturated rings. The van der Waals surface area contributed by atoms with Gasteiger partial charge in [0.1, 0.15) is 5.75 Å². The fraction of sp³-hybridized carbons (Fsp3) is 0.300. The van der Waals surface area contributed by atoms with Crippen molar-refractivity contribution in [1.29, 1.82) is 0 Å². The van der Waals surface area contributed by atoms with Gasteiger partial charge in [0.25, 0.3) is 0 Å².